The second-order valence-corrected chi connectivity index (χ2v) is 7.55. The lowest BCUT2D eigenvalue weighted by atomic mass is 10.1. The lowest BCUT2D eigenvalue weighted by molar-refractivity contribution is -0.138. The maximum absolute atomic E-state index is 12.3. The van der Waals surface area contributed by atoms with Crippen LogP contribution in [0, 0.1) is 0 Å². The van der Waals surface area contributed by atoms with Crippen LogP contribution in [0.1, 0.15) is 67.2 Å². The standard InChI is InChI=1S/C18H35NO5/c1-7-18(5,6)24-14-12-19(11-13-23-17(2,3)4)15(20)9-8-10-16(21)22/h7-14H2,1-6H3,(H,21,22). The van der Waals surface area contributed by atoms with E-state index in [1.54, 1.807) is 4.90 Å². The van der Waals surface area contributed by atoms with Gasteiger partial charge in [0, 0.05) is 25.9 Å². The maximum atomic E-state index is 12.3. The minimum Gasteiger partial charge on any atom is -0.481 e. The summed E-state index contributed by atoms with van der Waals surface area (Å²) in [6.45, 7) is 13.9. The highest BCUT2D eigenvalue weighted by Gasteiger charge is 2.19. The summed E-state index contributed by atoms with van der Waals surface area (Å²) in [7, 11) is 0. The molecule has 0 aliphatic rings. The van der Waals surface area contributed by atoms with Gasteiger partial charge in [0.25, 0.3) is 0 Å². The van der Waals surface area contributed by atoms with Crippen LogP contribution in [0.4, 0.5) is 0 Å². The van der Waals surface area contributed by atoms with Crippen molar-refractivity contribution in [3.05, 3.63) is 0 Å². The Labute approximate surface area is 146 Å². The van der Waals surface area contributed by atoms with Gasteiger partial charge in [-0.05, 0) is 47.5 Å². The van der Waals surface area contributed by atoms with E-state index in [9.17, 15) is 9.59 Å². The molecule has 1 amide bonds. The number of carboxylic acids is 1. The Morgan fingerprint density at radius 2 is 1.50 bits per heavy atom. The Kier molecular flexibility index (Phi) is 10.2. The molecule has 0 fully saturated rings. The zero-order valence-corrected chi connectivity index (χ0v) is 16.2. The molecule has 6 nitrogen and oxygen atoms in total. The molecular weight excluding hydrogens is 310 g/mol. The molecule has 6 heteroatoms. The molecular formula is C18H35NO5. The minimum atomic E-state index is -0.876. The number of amides is 1. The van der Waals surface area contributed by atoms with Crippen LogP contribution in [-0.2, 0) is 19.1 Å². The van der Waals surface area contributed by atoms with Crippen molar-refractivity contribution in [2.45, 2.75) is 78.4 Å². The van der Waals surface area contributed by atoms with E-state index in [0.29, 0.717) is 32.7 Å². The first-order chi connectivity index (χ1) is 11.0. The van der Waals surface area contributed by atoms with Crippen LogP contribution in [0.25, 0.3) is 0 Å². The SMILES string of the molecule is CCC(C)(C)OCCN(CCOC(C)(C)C)C(=O)CCCC(=O)O. The number of ether oxygens (including phenoxy) is 2. The highest BCUT2D eigenvalue weighted by molar-refractivity contribution is 5.77. The molecule has 0 atom stereocenters. The normalized spacial score (nSPS) is 12.2. The van der Waals surface area contributed by atoms with Crippen molar-refractivity contribution in [1.29, 1.82) is 0 Å². The fourth-order valence-electron chi connectivity index (χ4n) is 1.91. The average molecular weight is 345 g/mol. The van der Waals surface area contributed by atoms with E-state index in [1.807, 2.05) is 34.6 Å². The van der Waals surface area contributed by atoms with Crippen LogP contribution < -0.4 is 0 Å². The Bertz CT molecular complexity index is 387. The van der Waals surface area contributed by atoms with Gasteiger partial charge in [0.05, 0.1) is 24.4 Å². The van der Waals surface area contributed by atoms with Gasteiger partial charge in [-0.2, -0.15) is 0 Å². The Morgan fingerprint density at radius 1 is 0.958 bits per heavy atom. The third-order valence-corrected chi connectivity index (χ3v) is 3.74. The molecule has 0 aromatic carbocycles. The second-order valence-electron chi connectivity index (χ2n) is 7.55. The quantitative estimate of drug-likeness (QED) is 0.588. The Hall–Kier alpha value is -1.14. The monoisotopic (exact) mass is 345 g/mol. The number of aliphatic carboxylic acids is 1. The molecule has 0 aromatic heterocycles. The van der Waals surface area contributed by atoms with Crippen molar-refractivity contribution in [2.24, 2.45) is 0 Å². The van der Waals surface area contributed by atoms with Gasteiger partial charge in [0.2, 0.25) is 5.91 Å². The molecule has 0 spiro atoms. The first-order valence-corrected chi connectivity index (χ1v) is 8.74. The van der Waals surface area contributed by atoms with E-state index in [0.717, 1.165) is 6.42 Å². The van der Waals surface area contributed by atoms with Crippen LogP contribution in [0.5, 0.6) is 0 Å². The molecule has 0 saturated carbocycles. The smallest absolute Gasteiger partial charge is 0.303 e. The summed E-state index contributed by atoms with van der Waals surface area (Å²) in [4.78, 5) is 24.6. The van der Waals surface area contributed by atoms with Crippen molar-refractivity contribution in [3.63, 3.8) is 0 Å². The van der Waals surface area contributed by atoms with Crippen LogP contribution in [0.15, 0.2) is 0 Å². The van der Waals surface area contributed by atoms with Gasteiger partial charge < -0.3 is 19.5 Å². The molecule has 0 aromatic rings. The van der Waals surface area contributed by atoms with Crippen LogP contribution in [0.2, 0.25) is 0 Å². The third-order valence-electron chi connectivity index (χ3n) is 3.74. The summed E-state index contributed by atoms with van der Waals surface area (Å²) < 4.78 is 11.5. The second kappa shape index (κ2) is 10.7. The van der Waals surface area contributed by atoms with Crippen molar-refractivity contribution in [3.8, 4) is 0 Å². The largest absolute Gasteiger partial charge is 0.481 e. The molecule has 24 heavy (non-hydrogen) atoms. The van der Waals surface area contributed by atoms with E-state index >= 15 is 0 Å². The van der Waals surface area contributed by atoms with Gasteiger partial charge >= 0.3 is 5.97 Å². The lowest BCUT2D eigenvalue weighted by Gasteiger charge is -2.28. The predicted molar refractivity (Wildman–Crippen MR) is 94.1 cm³/mol. The third kappa shape index (κ3) is 12.3. The number of hydrogen-bond donors (Lipinski definition) is 1. The Morgan fingerprint density at radius 3 is 1.96 bits per heavy atom. The zero-order chi connectivity index (χ0) is 18.8. The zero-order valence-electron chi connectivity index (χ0n) is 16.2. The number of carboxylic acid groups (broad SMARTS) is 1. The molecule has 0 unspecified atom stereocenters. The van der Waals surface area contributed by atoms with E-state index in [1.165, 1.54) is 0 Å². The summed E-state index contributed by atoms with van der Waals surface area (Å²) in [6.07, 6.45) is 1.50. The van der Waals surface area contributed by atoms with Crippen molar-refractivity contribution < 1.29 is 24.2 Å². The number of hydrogen-bond acceptors (Lipinski definition) is 4. The van der Waals surface area contributed by atoms with Crippen molar-refractivity contribution in [2.75, 3.05) is 26.3 Å². The van der Waals surface area contributed by atoms with Gasteiger partial charge in [-0.1, -0.05) is 6.92 Å². The van der Waals surface area contributed by atoms with Crippen LogP contribution in [0.3, 0.4) is 0 Å². The fourth-order valence-corrected chi connectivity index (χ4v) is 1.91. The van der Waals surface area contributed by atoms with E-state index in [2.05, 4.69) is 6.92 Å². The number of carbonyl (C=O) groups is 2. The summed E-state index contributed by atoms with van der Waals surface area (Å²) in [5.74, 6) is -0.926. The number of nitrogens with zero attached hydrogens (tertiary/aromatic N) is 1. The van der Waals surface area contributed by atoms with Gasteiger partial charge in [0.1, 0.15) is 0 Å². The van der Waals surface area contributed by atoms with Crippen LogP contribution >= 0.6 is 0 Å². The lowest BCUT2D eigenvalue weighted by Crippen LogP contribution is -2.39. The molecule has 0 aliphatic heterocycles. The molecule has 0 rings (SSSR count). The highest BCUT2D eigenvalue weighted by atomic mass is 16.5. The molecule has 0 aliphatic carbocycles. The van der Waals surface area contributed by atoms with Gasteiger partial charge in [0.15, 0.2) is 0 Å². The summed E-state index contributed by atoms with van der Waals surface area (Å²) >= 11 is 0. The van der Waals surface area contributed by atoms with E-state index < -0.39 is 5.97 Å². The molecule has 0 radical (unpaired) electrons. The van der Waals surface area contributed by atoms with Gasteiger partial charge in [-0.25, -0.2) is 0 Å². The van der Waals surface area contributed by atoms with Gasteiger partial charge in [-0.3, -0.25) is 9.59 Å². The van der Waals surface area contributed by atoms with Crippen LogP contribution in [-0.4, -0.2) is 59.4 Å². The van der Waals surface area contributed by atoms with Crippen molar-refractivity contribution in [1.82, 2.24) is 4.90 Å². The molecule has 1 N–H and O–H groups in total. The topological polar surface area (TPSA) is 76.1 Å². The summed E-state index contributed by atoms with van der Waals surface area (Å²) in [5, 5.41) is 8.69. The maximum Gasteiger partial charge on any atom is 0.303 e. The average Bonchev–Trinajstić information content (AvgIpc) is 2.43. The van der Waals surface area contributed by atoms with Gasteiger partial charge in [-0.15, -0.1) is 0 Å². The Balaban J connectivity index is 4.46. The molecule has 0 heterocycles. The van der Waals surface area contributed by atoms with E-state index in [4.69, 9.17) is 14.6 Å². The van der Waals surface area contributed by atoms with Crippen molar-refractivity contribution >= 4 is 11.9 Å². The number of carbonyl (C=O) groups excluding carboxylic acids is 1. The summed E-state index contributed by atoms with van der Waals surface area (Å²) in [6, 6.07) is 0. The first-order valence-electron chi connectivity index (χ1n) is 8.74. The predicted octanol–water partition coefficient (Wildman–Crippen LogP) is 3.09. The molecule has 0 bridgehead atoms. The summed E-state index contributed by atoms with van der Waals surface area (Å²) in [5.41, 5.74) is -0.460. The molecule has 142 valence electrons. The first kappa shape index (κ1) is 22.9. The highest BCUT2D eigenvalue weighted by Crippen LogP contribution is 2.13. The fraction of sp³-hybridized carbons (Fsp3) is 0.889. The van der Waals surface area contributed by atoms with E-state index in [-0.39, 0.29) is 30.0 Å². The molecule has 0 saturated heterocycles. The number of rotatable bonds is 12. The minimum absolute atomic E-state index is 0.0113.